The van der Waals surface area contributed by atoms with Gasteiger partial charge >= 0.3 is 0 Å². The Bertz CT molecular complexity index is 598. The molecule has 132 valence electrons. The number of likely N-dealkylation sites (tertiary alicyclic amines) is 1. The van der Waals surface area contributed by atoms with Crippen molar-refractivity contribution in [3.63, 3.8) is 0 Å². The van der Waals surface area contributed by atoms with Crippen molar-refractivity contribution in [3.05, 3.63) is 17.5 Å². The van der Waals surface area contributed by atoms with E-state index in [1.165, 1.54) is 19.0 Å². The summed E-state index contributed by atoms with van der Waals surface area (Å²) in [4.78, 5) is 14.8. The van der Waals surface area contributed by atoms with Crippen LogP contribution in [0, 0.1) is 18.3 Å². The molecule has 0 bridgehead atoms. The van der Waals surface area contributed by atoms with E-state index in [4.69, 9.17) is 14.0 Å². The molecule has 3 heterocycles. The van der Waals surface area contributed by atoms with Crippen LogP contribution >= 0.6 is 0 Å². The lowest BCUT2D eigenvalue weighted by Crippen LogP contribution is -2.58. The maximum Gasteiger partial charge on any atom is 0.259 e. The zero-order chi connectivity index (χ0) is 16.6. The van der Waals surface area contributed by atoms with Crippen molar-refractivity contribution in [2.45, 2.75) is 45.1 Å². The van der Waals surface area contributed by atoms with Crippen molar-refractivity contribution in [1.82, 2.24) is 10.1 Å². The molecule has 1 aliphatic carbocycles. The molecular formula is C18H26N2O4. The molecule has 2 saturated heterocycles. The maximum absolute atomic E-state index is 12.8. The molecule has 0 spiro atoms. The first kappa shape index (κ1) is 16.1. The first-order chi connectivity index (χ1) is 11.7. The molecule has 2 unspecified atom stereocenters. The summed E-state index contributed by atoms with van der Waals surface area (Å²) in [6.07, 6.45) is 7.30. The normalized spacial score (nSPS) is 30.2. The second-order valence-corrected chi connectivity index (χ2v) is 7.59. The summed E-state index contributed by atoms with van der Waals surface area (Å²) in [5.41, 5.74) is 0.505. The summed E-state index contributed by atoms with van der Waals surface area (Å²) >= 11 is 0. The van der Waals surface area contributed by atoms with Crippen LogP contribution in [0.1, 0.15) is 48.2 Å². The number of hydrogen-bond acceptors (Lipinski definition) is 5. The number of piperidine rings is 1. The molecule has 3 aliphatic rings. The molecule has 1 aromatic heterocycles. The fourth-order valence-electron chi connectivity index (χ4n) is 4.06. The molecule has 0 N–H and O–H groups in total. The highest BCUT2D eigenvalue weighted by Gasteiger charge is 2.47. The number of ether oxygens (including phenoxy) is 2. The Morgan fingerprint density at radius 3 is 3.08 bits per heavy atom. The van der Waals surface area contributed by atoms with E-state index in [-0.39, 0.29) is 17.4 Å². The first-order valence-electron chi connectivity index (χ1n) is 9.08. The fourth-order valence-corrected chi connectivity index (χ4v) is 4.06. The predicted molar refractivity (Wildman–Crippen MR) is 86.7 cm³/mol. The van der Waals surface area contributed by atoms with Crippen LogP contribution in [-0.2, 0) is 9.47 Å². The second-order valence-electron chi connectivity index (χ2n) is 7.59. The number of aromatic nitrogens is 1. The molecule has 2 atom stereocenters. The average Bonchev–Trinajstić information content (AvgIpc) is 3.32. The molecule has 0 aromatic carbocycles. The van der Waals surface area contributed by atoms with Crippen molar-refractivity contribution in [1.29, 1.82) is 0 Å². The van der Waals surface area contributed by atoms with E-state index in [0.29, 0.717) is 24.5 Å². The van der Waals surface area contributed by atoms with Crippen LogP contribution < -0.4 is 0 Å². The third-order valence-electron chi connectivity index (χ3n) is 5.70. The van der Waals surface area contributed by atoms with Crippen LogP contribution in [0.15, 0.2) is 10.7 Å². The van der Waals surface area contributed by atoms with Crippen LogP contribution in [0.5, 0.6) is 0 Å². The van der Waals surface area contributed by atoms with Gasteiger partial charge in [-0.15, -0.1) is 0 Å². The minimum absolute atomic E-state index is 0.0133. The predicted octanol–water partition coefficient (Wildman–Crippen LogP) is 2.42. The Kier molecular flexibility index (Phi) is 4.35. The quantitative estimate of drug-likeness (QED) is 0.827. The third-order valence-corrected chi connectivity index (χ3v) is 5.70. The van der Waals surface area contributed by atoms with Gasteiger partial charge in [-0.3, -0.25) is 4.79 Å². The number of aryl methyl sites for hydroxylation is 1. The van der Waals surface area contributed by atoms with Gasteiger partial charge in [-0.05, 0) is 44.9 Å². The van der Waals surface area contributed by atoms with Gasteiger partial charge in [0.25, 0.3) is 5.91 Å². The number of fused-ring (bicyclic) bond motifs is 1. The first-order valence-corrected chi connectivity index (χ1v) is 9.08. The van der Waals surface area contributed by atoms with E-state index in [1.807, 2.05) is 4.90 Å². The summed E-state index contributed by atoms with van der Waals surface area (Å²) in [6, 6.07) is 0. The van der Waals surface area contributed by atoms with Gasteiger partial charge in [0.15, 0.2) is 0 Å². The number of carbonyl (C=O) groups excluding carboxylic acids is 1. The largest absolute Gasteiger partial charge is 0.380 e. The Balaban J connectivity index is 1.47. The molecule has 1 aromatic rings. The van der Waals surface area contributed by atoms with Crippen LogP contribution in [0.25, 0.3) is 0 Å². The van der Waals surface area contributed by atoms with Crippen molar-refractivity contribution in [2.75, 3.05) is 32.9 Å². The lowest BCUT2D eigenvalue weighted by Gasteiger charge is -2.50. The lowest BCUT2D eigenvalue weighted by atomic mass is 9.73. The Labute approximate surface area is 142 Å². The van der Waals surface area contributed by atoms with E-state index in [1.54, 1.807) is 6.92 Å². The monoisotopic (exact) mass is 334 g/mol. The van der Waals surface area contributed by atoms with Crippen molar-refractivity contribution >= 4 is 5.91 Å². The van der Waals surface area contributed by atoms with Gasteiger partial charge in [0, 0.05) is 31.7 Å². The van der Waals surface area contributed by atoms with Crippen molar-refractivity contribution < 1.29 is 18.8 Å². The molecule has 0 radical (unpaired) electrons. The van der Waals surface area contributed by atoms with E-state index < -0.39 is 0 Å². The molecule has 4 rings (SSSR count). The van der Waals surface area contributed by atoms with E-state index in [2.05, 4.69) is 5.16 Å². The lowest BCUT2D eigenvalue weighted by molar-refractivity contribution is -0.147. The van der Waals surface area contributed by atoms with Gasteiger partial charge in [0.05, 0.1) is 18.9 Å². The van der Waals surface area contributed by atoms with Gasteiger partial charge in [0.2, 0.25) is 0 Å². The Hall–Kier alpha value is -1.40. The molecule has 24 heavy (non-hydrogen) atoms. The molecule has 1 amide bonds. The van der Waals surface area contributed by atoms with Gasteiger partial charge in [-0.25, -0.2) is 0 Å². The van der Waals surface area contributed by atoms with Gasteiger partial charge in [0.1, 0.15) is 11.3 Å². The van der Waals surface area contributed by atoms with Crippen LogP contribution in [0.4, 0.5) is 0 Å². The van der Waals surface area contributed by atoms with Crippen molar-refractivity contribution in [2.24, 2.45) is 11.3 Å². The Morgan fingerprint density at radius 2 is 2.33 bits per heavy atom. The summed E-state index contributed by atoms with van der Waals surface area (Å²) in [7, 11) is 0. The van der Waals surface area contributed by atoms with Gasteiger partial charge in [-0.1, -0.05) is 5.16 Å². The highest BCUT2D eigenvalue weighted by atomic mass is 16.5. The number of carbonyl (C=O) groups is 1. The van der Waals surface area contributed by atoms with E-state index in [0.717, 1.165) is 44.9 Å². The maximum atomic E-state index is 12.8. The molecule has 3 fully saturated rings. The smallest absolute Gasteiger partial charge is 0.259 e. The summed E-state index contributed by atoms with van der Waals surface area (Å²) in [5, 5.41) is 3.74. The molecular weight excluding hydrogens is 308 g/mol. The minimum Gasteiger partial charge on any atom is -0.380 e. The highest BCUT2D eigenvalue weighted by molar-refractivity contribution is 5.94. The van der Waals surface area contributed by atoms with E-state index >= 15 is 0 Å². The third kappa shape index (κ3) is 3.09. The standard InChI is InChI=1S/C18H26N2O4/c1-13-15(9-19-24-13)17(21)20-7-5-16-18(11-20,6-2-8-23-16)12-22-10-14-3-4-14/h9,14,16H,2-8,10-12H2,1H3. The number of amides is 1. The minimum atomic E-state index is -0.0634. The molecule has 1 saturated carbocycles. The molecule has 2 aliphatic heterocycles. The number of nitrogens with zero attached hydrogens (tertiary/aromatic N) is 2. The summed E-state index contributed by atoms with van der Waals surface area (Å²) in [5.74, 6) is 1.35. The highest BCUT2D eigenvalue weighted by Crippen LogP contribution is 2.41. The average molecular weight is 334 g/mol. The summed E-state index contributed by atoms with van der Waals surface area (Å²) < 4.78 is 17.2. The molecule has 6 nitrogen and oxygen atoms in total. The van der Waals surface area contributed by atoms with Crippen LogP contribution in [0.3, 0.4) is 0 Å². The van der Waals surface area contributed by atoms with Crippen molar-refractivity contribution in [3.8, 4) is 0 Å². The number of rotatable bonds is 5. The fraction of sp³-hybridized carbons (Fsp3) is 0.778. The van der Waals surface area contributed by atoms with Gasteiger partial charge in [-0.2, -0.15) is 0 Å². The van der Waals surface area contributed by atoms with Gasteiger partial charge < -0.3 is 18.9 Å². The molecule has 6 heteroatoms. The zero-order valence-corrected chi connectivity index (χ0v) is 14.3. The van der Waals surface area contributed by atoms with Crippen LogP contribution in [0.2, 0.25) is 0 Å². The van der Waals surface area contributed by atoms with Crippen LogP contribution in [-0.4, -0.2) is 55.0 Å². The Morgan fingerprint density at radius 1 is 1.46 bits per heavy atom. The topological polar surface area (TPSA) is 64.8 Å². The number of hydrogen-bond donors (Lipinski definition) is 0. The van der Waals surface area contributed by atoms with E-state index in [9.17, 15) is 4.79 Å². The second kappa shape index (κ2) is 6.48. The zero-order valence-electron chi connectivity index (χ0n) is 14.3. The SMILES string of the molecule is Cc1oncc1C(=O)N1CCC2OCCCC2(COCC2CC2)C1. The summed E-state index contributed by atoms with van der Waals surface area (Å²) in [6.45, 7) is 5.58.